The Morgan fingerprint density at radius 3 is 2.06 bits per heavy atom. The van der Waals surface area contributed by atoms with Gasteiger partial charge in [-0.15, -0.1) is 0 Å². The van der Waals surface area contributed by atoms with Gasteiger partial charge in [0.2, 0.25) is 0 Å². The van der Waals surface area contributed by atoms with Crippen LogP contribution in [0.4, 0.5) is 13.2 Å². The van der Waals surface area contributed by atoms with E-state index in [4.69, 9.17) is 0 Å². The van der Waals surface area contributed by atoms with Gasteiger partial charge in [-0.2, -0.15) is 13.2 Å². The van der Waals surface area contributed by atoms with Crippen molar-refractivity contribution < 1.29 is 21.6 Å². The molecule has 6 heteroatoms. The lowest BCUT2D eigenvalue weighted by Crippen LogP contribution is -2.04. The van der Waals surface area contributed by atoms with Crippen LogP contribution in [0.25, 0.3) is 0 Å². The third-order valence-electron chi connectivity index (χ3n) is 2.09. The molecule has 0 aliphatic heterocycles. The second-order valence-corrected chi connectivity index (χ2v) is 4.47. The number of hydrogen-bond donors (Lipinski definition) is 1. The third kappa shape index (κ3) is 4.22. The van der Waals surface area contributed by atoms with E-state index in [0.29, 0.717) is 18.4 Å². The minimum atomic E-state index is -4.32. The number of thiol groups is 1. The highest BCUT2D eigenvalue weighted by molar-refractivity contribution is 7.72. The fourth-order valence-electron chi connectivity index (χ4n) is 1.27. The summed E-state index contributed by atoms with van der Waals surface area (Å²) in [5.74, 6) is 0.0658. The van der Waals surface area contributed by atoms with E-state index in [-0.39, 0.29) is 5.75 Å². The molecule has 0 radical (unpaired) electrons. The van der Waals surface area contributed by atoms with Crippen LogP contribution < -0.4 is 0 Å². The largest absolute Gasteiger partial charge is 0.416 e. The van der Waals surface area contributed by atoms with Crippen molar-refractivity contribution in [2.45, 2.75) is 19.0 Å². The maximum Gasteiger partial charge on any atom is 0.416 e. The molecule has 0 spiro atoms. The molecule has 0 saturated heterocycles. The van der Waals surface area contributed by atoms with Gasteiger partial charge < -0.3 is 0 Å². The maximum atomic E-state index is 12.2. The van der Waals surface area contributed by atoms with Crippen molar-refractivity contribution in [3.63, 3.8) is 0 Å². The zero-order chi connectivity index (χ0) is 12.2. The fourth-order valence-corrected chi connectivity index (χ4v) is 1.69. The molecule has 1 aromatic carbocycles. The van der Waals surface area contributed by atoms with Crippen LogP contribution >= 0.6 is 0 Å². The van der Waals surface area contributed by atoms with E-state index in [0.717, 1.165) is 12.1 Å². The minimum Gasteiger partial charge on any atom is -0.232 e. The summed E-state index contributed by atoms with van der Waals surface area (Å²) in [6, 6.07) is 4.76. The van der Waals surface area contributed by atoms with Crippen LogP contribution in [0.3, 0.4) is 0 Å². The second kappa shape index (κ2) is 5.34. The molecule has 2 nitrogen and oxygen atoms in total. The molecule has 1 rings (SSSR count). The first kappa shape index (κ1) is 13.0. The van der Waals surface area contributed by atoms with Gasteiger partial charge in [0, 0.05) is 5.75 Å². The normalized spacial score (nSPS) is 12.0. The van der Waals surface area contributed by atoms with E-state index < -0.39 is 22.4 Å². The first-order valence-electron chi connectivity index (χ1n) is 4.67. The summed E-state index contributed by atoms with van der Waals surface area (Å²) in [4.78, 5) is 0. The monoisotopic (exact) mass is 252 g/mol. The van der Waals surface area contributed by atoms with Crippen molar-refractivity contribution in [1.29, 1.82) is 0 Å². The molecule has 0 heterocycles. The van der Waals surface area contributed by atoms with Gasteiger partial charge in [0.05, 0.1) is 5.56 Å². The summed E-state index contributed by atoms with van der Waals surface area (Å²) < 4.78 is 57.1. The third-order valence-corrected chi connectivity index (χ3v) is 2.77. The quantitative estimate of drug-likeness (QED) is 0.834. The summed E-state index contributed by atoms with van der Waals surface area (Å²) in [7, 11) is -2.40. The molecular weight excluding hydrogens is 241 g/mol. The second-order valence-electron chi connectivity index (χ2n) is 3.35. The molecule has 0 atom stereocenters. The van der Waals surface area contributed by atoms with Crippen molar-refractivity contribution >= 4 is 10.7 Å². The molecule has 1 aromatic rings. The summed E-state index contributed by atoms with van der Waals surface area (Å²) in [5.41, 5.74) is 0.0241. The fraction of sp³-hybridized carbons (Fsp3) is 0.400. The molecule has 0 bridgehead atoms. The topological polar surface area (TPSA) is 34.1 Å². The van der Waals surface area contributed by atoms with Crippen LogP contribution in [-0.4, -0.2) is 14.2 Å². The maximum absolute atomic E-state index is 12.2. The van der Waals surface area contributed by atoms with Gasteiger partial charge in [0.25, 0.3) is 0 Å². The van der Waals surface area contributed by atoms with E-state index >= 15 is 0 Å². The van der Waals surface area contributed by atoms with Crippen LogP contribution in [0.15, 0.2) is 24.3 Å². The molecule has 0 amide bonds. The zero-order valence-electron chi connectivity index (χ0n) is 8.33. The highest BCUT2D eigenvalue weighted by Crippen LogP contribution is 2.29. The number of hydrogen-bond acceptors (Lipinski definition) is 2. The van der Waals surface area contributed by atoms with Crippen LogP contribution in [0.2, 0.25) is 0 Å². The van der Waals surface area contributed by atoms with E-state index in [9.17, 15) is 21.6 Å². The lowest BCUT2D eigenvalue weighted by molar-refractivity contribution is -0.137. The first-order chi connectivity index (χ1) is 7.39. The first-order valence-corrected chi connectivity index (χ1v) is 6.04. The average molecular weight is 252 g/mol. The van der Waals surface area contributed by atoms with Gasteiger partial charge >= 0.3 is 6.18 Å². The van der Waals surface area contributed by atoms with E-state index in [1.807, 2.05) is 0 Å². The molecule has 0 aromatic heterocycles. The summed E-state index contributed by atoms with van der Waals surface area (Å²) in [5, 5.41) is 0. The highest BCUT2D eigenvalue weighted by atomic mass is 32.2. The Morgan fingerprint density at radius 1 is 1.06 bits per heavy atom. The molecule has 0 aliphatic carbocycles. The van der Waals surface area contributed by atoms with Gasteiger partial charge in [0.15, 0.2) is 0 Å². The standard InChI is InChI=1S/C10H11F3O2S/c11-10(12,13)9-5-3-8(4-6-9)2-1-7-16(14)15/h3-6,16H,1-2,7H2. The number of rotatable bonds is 4. The lowest BCUT2D eigenvalue weighted by Gasteiger charge is -2.07. The van der Waals surface area contributed by atoms with Gasteiger partial charge in [-0.25, -0.2) is 8.42 Å². The lowest BCUT2D eigenvalue weighted by atomic mass is 10.1. The van der Waals surface area contributed by atoms with Crippen LogP contribution in [0.5, 0.6) is 0 Å². The molecule has 0 N–H and O–H groups in total. The number of alkyl halides is 3. The number of aryl methyl sites for hydroxylation is 1. The van der Waals surface area contributed by atoms with Gasteiger partial charge in [-0.1, -0.05) is 12.1 Å². The number of benzene rings is 1. The Hall–Kier alpha value is -1.04. The van der Waals surface area contributed by atoms with Crippen LogP contribution in [0, 0.1) is 0 Å². The molecule has 0 fully saturated rings. The highest BCUT2D eigenvalue weighted by Gasteiger charge is 2.29. The van der Waals surface area contributed by atoms with Crippen LogP contribution in [-0.2, 0) is 23.3 Å². The Morgan fingerprint density at radius 2 is 1.62 bits per heavy atom. The smallest absolute Gasteiger partial charge is 0.232 e. The molecule has 0 aliphatic rings. The van der Waals surface area contributed by atoms with E-state index in [2.05, 4.69) is 0 Å². The van der Waals surface area contributed by atoms with Gasteiger partial charge in [0.1, 0.15) is 10.7 Å². The Labute approximate surface area is 93.0 Å². The summed E-state index contributed by atoms with van der Waals surface area (Å²) in [6.45, 7) is 0. The SMILES string of the molecule is O=[SH](=O)CCCc1ccc(C(F)(F)F)cc1. The Bertz CT molecular complexity index is 399. The van der Waals surface area contributed by atoms with Gasteiger partial charge in [-0.3, -0.25) is 0 Å². The number of halogens is 3. The summed E-state index contributed by atoms with van der Waals surface area (Å²) in [6.07, 6.45) is -3.41. The average Bonchev–Trinajstić information content (AvgIpc) is 2.16. The molecule has 0 unspecified atom stereocenters. The Balaban J connectivity index is 2.58. The zero-order valence-corrected chi connectivity index (χ0v) is 9.22. The van der Waals surface area contributed by atoms with E-state index in [1.165, 1.54) is 12.1 Å². The predicted molar refractivity (Wildman–Crippen MR) is 54.9 cm³/mol. The van der Waals surface area contributed by atoms with Crippen molar-refractivity contribution in [1.82, 2.24) is 0 Å². The molecule has 0 saturated carbocycles. The molecular formula is C10H11F3O2S. The Kier molecular flexibility index (Phi) is 4.35. The summed E-state index contributed by atoms with van der Waals surface area (Å²) >= 11 is 0. The van der Waals surface area contributed by atoms with Crippen molar-refractivity contribution in [3.8, 4) is 0 Å². The van der Waals surface area contributed by atoms with Crippen molar-refractivity contribution in [2.75, 3.05) is 5.75 Å². The molecule has 16 heavy (non-hydrogen) atoms. The van der Waals surface area contributed by atoms with Crippen molar-refractivity contribution in [2.24, 2.45) is 0 Å². The minimum absolute atomic E-state index is 0.0658. The van der Waals surface area contributed by atoms with Crippen LogP contribution in [0.1, 0.15) is 17.5 Å². The predicted octanol–water partition coefficient (Wildman–Crippen LogP) is 2.25. The van der Waals surface area contributed by atoms with Gasteiger partial charge in [-0.05, 0) is 30.5 Å². The molecule has 90 valence electrons. The van der Waals surface area contributed by atoms with E-state index in [1.54, 1.807) is 0 Å². The van der Waals surface area contributed by atoms with Crippen molar-refractivity contribution in [3.05, 3.63) is 35.4 Å².